The normalized spacial score (nSPS) is 12.6. The third-order valence-electron chi connectivity index (χ3n) is 14.7. The van der Waals surface area contributed by atoms with Crippen LogP contribution in [0.4, 0.5) is 0 Å². The standard InChI is InChI=1S/C64H106N6O17/c1-47(2)40-54(73)42-49(56(74)43-50(20-15-16-23-58(65)66)57(75)44-51(63(67)81)41-48-26-28-52(71)29-27-48)21-17-18-32-68-61(78)46-87-39-36-84-34-19-22-53(72)45-86-38-37-85-35-33-69-59(76)31-30-55(64(82)83)70-60(77)24-13-11-9-7-5-3-4-6-8-10-12-14-25-62(79)80/h26-29,47,49-51,55,71H,3-25,30-46H2,1-2H3,(H3,65,66)(H2,67,81)(H,68,78)(H,69,76)(H,70,77)(H,79,80)(H,82,83)/t49-,50-,51-,55+/m1/s1. The SMILES string of the molecule is CC(C)CC(=O)C[C@@H](CCCCNC(=O)COCCOCCCC(=O)COCCOCCNC(=O)CC[C@H](NC(=O)CCCCCCCCCCCCCCC(=O)O)C(=O)O)C(=O)C[C@@H](CCCCC(=N)N)C(=O)C[C@@H](Cc1ccc(O)cc1)C(N)=O. The molecule has 0 bridgehead atoms. The lowest BCUT2D eigenvalue weighted by Crippen LogP contribution is -2.41. The third kappa shape index (κ3) is 45.7. The molecule has 87 heavy (non-hydrogen) atoms. The maximum atomic E-state index is 14.0. The van der Waals surface area contributed by atoms with E-state index in [0.717, 1.165) is 64.2 Å². The molecule has 0 saturated heterocycles. The molecule has 4 atom stereocenters. The van der Waals surface area contributed by atoms with E-state index in [4.69, 9.17) is 40.9 Å². The number of phenolic OH excluding ortho intramolecular Hbond substituents is 1. The van der Waals surface area contributed by atoms with Gasteiger partial charge in [-0.1, -0.05) is 103 Å². The number of primary amides is 1. The first-order chi connectivity index (χ1) is 41.7. The minimum Gasteiger partial charge on any atom is -0.508 e. The van der Waals surface area contributed by atoms with Crippen molar-refractivity contribution in [3.05, 3.63) is 29.8 Å². The molecule has 0 radical (unpaired) electrons. The molecule has 0 aromatic heterocycles. The number of aromatic hydroxyl groups is 1. The Bertz CT molecular complexity index is 2180. The number of hydrogen-bond donors (Lipinski definition) is 9. The van der Waals surface area contributed by atoms with Crippen LogP contribution in [0.15, 0.2) is 24.3 Å². The van der Waals surface area contributed by atoms with Gasteiger partial charge in [0.2, 0.25) is 23.6 Å². The van der Waals surface area contributed by atoms with Crippen LogP contribution in [0, 0.1) is 29.1 Å². The summed E-state index contributed by atoms with van der Waals surface area (Å²) >= 11 is 0. The predicted molar refractivity (Wildman–Crippen MR) is 329 cm³/mol. The first-order valence-electron chi connectivity index (χ1n) is 31.7. The quantitative estimate of drug-likeness (QED) is 0.0174. The molecular formula is C64H106N6O17. The number of nitrogens with one attached hydrogen (secondary N) is 4. The summed E-state index contributed by atoms with van der Waals surface area (Å²) in [5.74, 6) is -6.34. The highest BCUT2D eigenvalue weighted by Gasteiger charge is 2.31. The summed E-state index contributed by atoms with van der Waals surface area (Å²) in [5, 5.41) is 43.5. The summed E-state index contributed by atoms with van der Waals surface area (Å²) < 4.78 is 21.8. The Balaban J connectivity index is 2.24. The number of hydrogen-bond acceptors (Lipinski definition) is 16. The summed E-state index contributed by atoms with van der Waals surface area (Å²) in [7, 11) is 0. The van der Waals surface area contributed by atoms with Crippen LogP contribution in [0.2, 0.25) is 0 Å². The molecule has 494 valence electrons. The molecule has 0 aliphatic rings. The fourth-order valence-corrected chi connectivity index (χ4v) is 9.79. The summed E-state index contributed by atoms with van der Waals surface area (Å²) in [6.07, 6.45) is 16.6. The fourth-order valence-electron chi connectivity index (χ4n) is 9.79. The van der Waals surface area contributed by atoms with Gasteiger partial charge in [-0.3, -0.25) is 48.6 Å². The molecule has 1 aromatic rings. The van der Waals surface area contributed by atoms with Gasteiger partial charge in [0.15, 0.2) is 5.78 Å². The molecule has 0 fully saturated rings. The summed E-state index contributed by atoms with van der Waals surface area (Å²) in [6, 6.07) is 5.10. The number of phenols is 1. The average Bonchev–Trinajstić information content (AvgIpc) is 3.66. The highest BCUT2D eigenvalue weighted by Crippen LogP contribution is 2.27. The van der Waals surface area contributed by atoms with Crippen LogP contribution in [-0.4, -0.2) is 152 Å². The monoisotopic (exact) mass is 1230 g/mol. The van der Waals surface area contributed by atoms with Crippen molar-refractivity contribution in [2.24, 2.45) is 35.1 Å². The Morgan fingerprint density at radius 2 is 1.00 bits per heavy atom. The van der Waals surface area contributed by atoms with Crippen LogP contribution in [0.25, 0.3) is 0 Å². The zero-order valence-corrected chi connectivity index (χ0v) is 52.2. The number of rotatable bonds is 60. The maximum absolute atomic E-state index is 14.0. The van der Waals surface area contributed by atoms with E-state index >= 15 is 0 Å². The number of ketones is 4. The molecule has 23 heteroatoms. The first kappa shape index (κ1) is 78.8. The maximum Gasteiger partial charge on any atom is 0.326 e. The Kier molecular flexibility index (Phi) is 46.0. The molecule has 0 aliphatic heterocycles. The van der Waals surface area contributed by atoms with Crippen molar-refractivity contribution < 1.29 is 82.2 Å². The van der Waals surface area contributed by atoms with Crippen molar-refractivity contribution in [1.82, 2.24) is 16.0 Å². The lowest BCUT2D eigenvalue weighted by molar-refractivity contribution is -0.142. The number of nitrogens with two attached hydrogens (primary N) is 2. The largest absolute Gasteiger partial charge is 0.508 e. The highest BCUT2D eigenvalue weighted by atomic mass is 16.5. The number of carbonyl (C=O) groups excluding carboxylic acids is 8. The third-order valence-corrected chi connectivity index (χ3v) is 14.7. The average molecular weight is 1230 g/mol. The number of Topliss-reactive ketones (excluding diaryl/α,β-unsaturated/α-hetero) is 4. The summed E-state index contributed by atoms with van der Waals surface area (Å²) in [4.78, 5) is 125. The van der Waals surface area contributed by atoms with Crippen LogP contribution in [0.5, 0.6) is 5.75 Å². The Morgan fingerprint density at radius 1 is 0.483 bits per heavy atom. The fraction of sp³-hybridized carbons (Fsp3) is 0.734. The Hall–Kier alpha value is -6.17. The molecule has 4 amide bonds. The van der Waals surface area contributed by atoms with Gasteiger partial charge in [0.25, 0.3) is 0 Å². The van der Waals surface area contributed by atoms with Crippen LogP contribution >= 0.6 is 0 Å². The van der Waals surface area contributed by atoms with Crippen molar-refractivity contribution in [1.29, 1.82) is 5.41 Å². The summed E-state index contributed by atoms with van der Waals surface area (Å²) in [6.45, 7) is 5.25. The van der Waals surface area contributed by atoms with Gasteiger partial charge in [-0.2, -0.15) is 0 Å². The topological polar surface area (TPSA) is 380 Å². The zero-order chi connectivity index (χ0) is 64.5. The van der Waals surface area contributed by atoms with Gasteiger partial charge >= 0.3 is 11.9 Å². The highest BCUT2D eigenvalue weighted by molar-refractivity contribution is 5.93. The van der Waals surface area contributed by atoms with Gasteiger partial charge < -0.3 is 61.7 Å². The molecule has 0 saturated carbocycles. The van der Waals surface area contributed by atoms with E-state index in [0.29, 0.717) is 82.9 Å². The van der Waals surface area contributed by atoms with Gasteiger partial charge in [0, 0.05) is 95.2 Å². The van der Waals surface area contributed by atoms with Crippen molar-refractivity contribution in [2.75, 3.05) is 65.9 Å². The van der Waals surface area contributed by atoms with E-state index in [1.807, 2.05) is 13.8 Å². The van der Waals surface area contributed by atoms with Crippen LogP contribution in [-0.2, 0) is 73.3 Å². The lowest BCUT2D eigenvalue weighted by atomic mass is 9.81. The number of carboxylic acid groups (broad SMARTS) is 2. The molecule has 0 aliphatic carbocycles. The second kappa shape index (κ2) is 50.8. The first-order valence-corrected chi connectivity index (χ1v) is 31.7. The smallest absolute Gasteiger partial charge is 0.326 e. The number of aliphatic carboxylic acids is 2. The molecule has 1 rings (SSSR count). The Labute approximate surface area is 515 Å². The van der Waals surface area contributed by atoms with Gasteiger partial charge in [-0.15, -0.1) is 0 Å². The number of unbranched alkanes of at least 4 members (excludes halogenated alkanes) is 13. The van der Waals surface area contributed by atoms with Crippen LogP contribution in [0.3, 0.4) is 0 Å². The van der Waals surface area contributed by atoms with Gasteiger partial charge in [0.05, 0.1) is 38.9 Å². The minimum atomic E-state index is -1.20. The van der Waals surface area contributed by atoms with E-state index in [2.05, 4.69) is 16.0 Å². The van der Waals surface area contributed by atoms with Crippen molar-refractivity contribution in [2.45, 2.75) is 213 Å². The number of amides is 4. The predicted octanol–water partition coefficient (Wildman–Crippen LogP) is 7.40. The van der Waals surface area contributed by atoms with E-state index in [9.17, 15) is 58.2 Å². The molecular weight excluding hydrogens is 1120 g/mol. The second-order valence-electron chi connectivity index (χ2n) is 23.1. The molecule has 0 unspecified atom stereocenters. The van der Waals surface area contributed by atoms with E-state index in [-0.39, 0.29) is 169 Å². The lowest BCUT2D eigenvalue weighted by Gasteiger charge is -2.22. The van der Waals surface area contributed by atoms with Gasteiger partial charge in [-0.05, 0) is 81.4 Å². The molecule has 1 aromatic carbocycles. The molecule has 23 nitrogen and oxygen atoms in total. The van der Waals surface area contributed by atoms with E-state index in [1.54, 1.807) is 12.1 Å². The van der Waals surface area contributed by atoms with Gasteiger partial charge in [0.1, 0.15) is 42.4 Å². The second-order valence-corrected chi connectivity index (χ2v) is 23.1. The van der Waals surface area contributed by atoms with E-state index < -0.39 is 41.6 Å². The minimum absolute atomic E-state index is 0.0180. The number of carboxylic acids is 2. The van der Waals surface area contributed by atoms with Crippen molar-refractivity contribution in [3.8, 4) is 5.75 Å². The molecule has 0 heterocycles. The van der Waals surface area contributed by atoms with Crippen LogP contribution < -0.4 is 27.4 Å². The van der Waals surface area contributed by atoms with Gasteiger partial charge in [-0.25, -0.2) is 4.79 Å². The van der Waals surface area contributed by atoms with Crippen molar-refractivity contribution >= 4 is 64.5 Å². The number of ether oxygens (including phenoxy) is 4. The van der Waals surface area contributed by atoms with Crippen molar-refractivity contribution in [3.63, 3.8) is 0 Å². The summed E-state index contributed by atoms with van der Waals surface area (Å²) in [5.41, 5.74) is 12.0. The van der Waals surface area contributed by atoms with E-state index in [1.165, 1.54) is 18.6 Å². The number of carbonyl (C=O) groups is 10. The molecule has 0 spiro atoms. The number of benzene rings is 1. The zero-order valence-electron chi connectivity index (χ0n) is 52.2. The van der Waals surface area contributed by atoms with Crippen LogP contribution in [0.1, 0.15) is 206 Å². The number of amidine groups is 1. The Morgan fingerprint density at radius 3 is 1.57 bits per heavy atom. The molecule has 11 N–H and O–H groups in total.